The molecule has 1 rings (SSSR count). The Morgan fingerprint density at radius 3 is 2.50 bits per heavy atom. The van der Waals surface area contributed by atoms with Crippen LogP contribution in [-0.2, 0) is 4.65 Å². The quantitative estimate of drug-likeness (QED) is 0.614. The van der Waals surface area contributed by atoms with Crippen molar-refractivity contribution in [2.75, 3.05) is 6.61 Å². The Labute approximate surface area is 74.9 Å². The van der Waals surface area contributed by atoms with E-state index in [9.17, 15) is 0 Å². The number of rotatable bonds is 4. The molecule has 0 aliphatic carbocycles. The fraction of sp³-hybridized carbons (Fsp3) is 0.400. The molecule has 0 amide bonds. The van der Waals surface area contributed by atoms with Gasteiger partial charge in [-0.05, 0) is 11.9 Å². The van der Waals surface area contributed by atoms with E-state index in [0.29, 0.717) is 0 Å². The van der Waals surface area contributed by atoms with Crippen LogP contribution in [0.25, 0.3) is 0 Å². The highest BCUT2D eigenvalue weighted by molar-refractivity contribution is 6.66. The van der Waals surface area contributed by atoms with Crippen LogP contribution in [0.2, 0.25) is 6.82 Å². The molecule has 0 aromatic heterocycles. The van der Waals surface area contributed by atoms with Gasteiger partial charge in [0, 0.05) is 6.61 Å². The van der Waals surface area contributed by atoms with Crippen molar-refractivity contribution < 1.29 is 4.65 Å². The average molecular weight is 162 g/mol. The molecule has 0 atom stereocenters. The molecule has 0 N–H and O–H groups in total. The minimum atomic E-state index is 0.228. The lowest BCUT2D eigenvalue weighted by Crippen LogP contribution is -2.30. The maximum atomic E-state index is 5.58. The lowest BCUT2D eigenvalue weighted by molar-refractivity contribution is 0.329. The molecule has 0 bridgehead atoms. The van der Waals surface area contributed by atoms with E-state index in [0.717, 1.165) is 13.0 Å². The van der Waals surface area contributed by atoms with E-state index in [4.69, 9.17) is 4.65 Å². The van der Waals surface area contributed by atoms with Crippen molar-refractivity contribution in [2.24, 2.45) is 0 Å². The maximum Gasteiger partial charge on any atom is 0.323 e. The van der Waals surface area contributed by atoms with Gasteiger partial charge in [-0.3, -0.25) is 0 Å². The minimum absolute atomic E-state index is 0.228. The molecule has 0 fully saturated rings. The van der Waals surface area contributed by atoms with Crippen LogP contribution in [0.1, 0.15) is 13.3 Å². The predicted molar refractivity (Wildman–Crippen MR) is 53.9 cm³/mol. The molecule has 64 valence electrons. The summed E-state index contributed by atoms with van der Waals surface area (Å²) in [6.07, 6.45) is 1.08. The molecule has 0 unspecified atom stereocenters. The van der Waals surface area contributed by atoms with Crippen LogP contribution in [0.4, 0.5) is 0 Å². The number of benzene rings is 1. The van der Waals surface area contributed by atoms with Crippen molar-refractivity contribution >= 4 is 12.4 Å². The topological polar surface area (TPSA) is 9.23 Å². The van der Waals surface area contributed by atoms with Gasteiger partial charge in [-0.15, -0.1) is 0 Å². The zero-order valence-electron chi connectivity index (χ0n) is 7.79. The van der Waals surface area contributed by atoms with Gasteiger partial charge in [0.15, 0.2) is 0 Å². The van der Waals surface area contributed by atoms with Gasteiger partial charge >= 0.3 is 6.92 Å². The highest BCUT2D eigenvalue weighted by atomic mass is 16.4. The fourth-order valence-corrected chi connectivity index (χ4v) is 1.11. The Kier molecular flexibility index (Phi) is 3.88. The summed E-state index contributed by atoms with van der Waals surface area (Å²) in [4.78, 5) is 0. The molecule has 1 aromatic carbocycles. The molecular formula is C10H15BO. The van der Waals surface area contributed by atoms with Crippen LogP contribution in [0.5, 0.6) is 0 Å². The van der Waals surface area contributed by atoms with E-state index in [1.54, 1.807) is 0 Å². The number of hydrogen-bond donors (Lipinski definition) is 0. The van der Waals surface area contributed by atoms with Crippen LogP contribution in [0.15, 0.2) is 30.3 Å². The van der Waals surface area contributed by atoms with Gasteiger partial charge in [0.1, 0.15) is 0 Å². The van der Waals surface area contributed by atoms with Crippen molar-refractivity contribution in [1.82, 2.24) is 0 Å². The molecule has 0 spiro atoms. The zero-order valence-corrected chi connectivity index (χ0v) is 7.79. The first-order chi connectivity index (χ1) is 5.84. The molecule has 0 saturated heterocycles. The van der Waals surface area contributed by atoms with Crippen LogP contribution in [0, 0.1) is 0 Å². The normalized spacial score (nSPS) is 9.83. The largest absolute Gasteiger partial charge is 0.431 e. The molecule has 0 aliphatic heterocycles. The van der Waals surface area contributed by atoms with Gasteiger partial charge in [0.05, 0.1) is 0 Å². The Bertz CT molecular complexity index is 210. The first-order valence-electron chi connectivity index (χ1n) is 4.51. The van der Waals surface area contributed by atoms with Crippen LogP contribution in [-0.4, -0.2) is 13.5 Å². The van der Waals surface area contributed by atoms with Crippen molar-refractivity contribution in [3.05, 3.63) is 30.3 Å². The first-order valence-corrected chi connectivity index (χ1v) is 4.51. The predicted octanol–water partition coefficient (Wildman–Crippen LogP) is 1.94. The molecule has 0 heterocycles. The Morgan fingerprint density at radius 2 is 1.92 bits per heavy atom. The van der Waals surface area contributed by atoms with Crippen LogP contribution in [0.3, 0.4) is 0 Å². The average Bonchev–Trinajstić information content (AvgIpc) is 2.15. The van der Waals surface area contributed by atoms with Crippen molar-refractivity contribution in [3.63, 3.8) is 0 Å². The summed E-state index contributed by atoms with van der Waals surface area (Å²) in [6.45, 7) is 5.28. The van der Waals surface area contributed by atoms with Crippen LogP contribution >= 0.6 is 0 Å². The molecule has 1 aromatic rings. The summed E-state index contributed by atoms with van der Waals surface area (Å²) in [7, 11) is 0. The molecule has 0 saturated carbocycles. The van der Waals surface area contributed by atoms with E-state index < -0.39 is 0 Å². The Balaban J connectivity index is 2.48. The third-order valence-electron chi connectivity index (χ3n) is 1.84. The highest BCUT2D eigenvalue weighted by Gasteiger charge is 2.09. The summed E-state index contributed by atoms with van der Waals surface area (Å²) in [5.41, 5.74) is 1.26. The summed E-state index contributed by atoms with van der Waals surface area (Å²) in [5.74, 6) is 0. The Morgan fingerprint density at radius 1 is 1.25 bits per heavy atom. The van der Waals surface area contributed by atoms with E-state index in [2.05, 4.69) is 25.9 Å². The molecule has 0 radical (unpaired) electrons. The fourth-order valence-electron chi connectivity index (χ4n) is 1.11. The molecular weight excluding hydrogens is 147 g/mol. The highest BCUT2D eigenvalue weighted by Crippen LogP contribution is 1.91. The van der Waals surface area contributed by atoms with E-state index in [-0.39, 0.29) is 6.92 Å². The SMILES string of the molecule is CCCOB(C)c1ccccc1. The second kappa shape index (κ2) is 4.99. The summed E-state index contributed by atoms with van der Waals surface area (Å²) in [5, 5.41) is 0. The monoisotopic (exact) mass is 162 g/mol. The van der Waals surface area contributed by atoms with E-state index >= 15 is 0 Å². The van der Waals surface area contributed by atoms with E-state index in [1.165, 1.54) is 5.46 Å². The second-order valence-electron chi connectivity index (χ2n) is 2.92. The molecule has 0 aliphatic rings. The summed E-state index contributed by atoms with van der Waals surface area (Å²) >= 11 is 0. The summed E-state index contributed by atoms with van der Waals surface area (Å²) in [6, 6.07) is 10.3. The molecule has 2 heteroatoms. The maximum absolute atomic E-state index is 5.58. The van der Waals surface area contributed by atoms with E-state index in [1.807, 2.05) is 18.2 Å². The lowest BCUT2D eigenvalue weighted by atomic mass is 9.64. The molecule has 12 heavy (non-hydrogen) atoms. The van der Waals surface area contributed by atoms with Gasteiger partial charge in [-0.2, -0.15) is 0 Å². The molecule has 1 nitrogen and oxygen atoms in total. The van der Waals surface area contributed by atoms with Gasteiger partial charge in [0.2, 0.25) is 0 Å². The first kappa shape index (κ1) is 9.33. The standard InChI is InChI=1S/C10H15BO/c1-3-9-12-11(2)10-7-5-4-6-8-10/h4-8H,3,9H2,1-2H3. The van der Waals surface area contributed by atoms with Crippen molar-refractivity contribution in [2.45, 2.75) is 20.2 Å². The van der Waals surface area contributed by atoms with Gasteiger partial charge in [-0.1, -0.05) is 44.1 Å². The van der Waals surface area contributed by atoms with Gasteiger partial charge in [-0.25, -0.2) is 0 Å². The minimum Gasteiger partial charge on any atom is -0.431 e. The smallest absolute Gasteiger partial charge is 0.323 e. The number of hydrogen-bond acceptors (Lipinski definition) is 1. The lowest BCUT2D eigenvalue weighted by Gasteiger charge is -2.08. The van der Waals surface area contributed by atoms with Gasteiger partial charge in [0.25, 0.3) is 0 Å². The van der Waals surface area contributed by atoms with Gasteiger partial charge < -0.3 is 4.65 Å². The zero-order chi connectivity index (χ0) is 8.81. The van der Waals surface area contributed by atoms with Crippen LogP contribution < -0.4 is 5.46 Å². The third kappa shape index (κ3) is 2.70. The summed E-state index contributed by atoms with van der Waals surface area (Å²) < 4.78 is 5.58. The third-order valence-corrected chi connectivity index (χ3v) is 1.84. The second-order valence-corrected chi connectivity index (χ2v) is 2.92. The van der Waals surface area contributed by atoms with Crippen molar-refractivity contribution in [3.8, 4) is 0 Å². The van der Waals surface area contributed by atoms with Crippen molar-refractivity contribution in [1.29, 1.82) is 0 Å². The Hall–Kier alpha value is -0.755.